The number of nitriles is 1. The summed E-state index contributed by atoms with van der Waals surface area (Å²) in [6, 6.07) is 2.33. The van der Waals surface area contributed by atoms with Crippen molar-refractivity contribution < 1.29 is 4.79 Å². The highest BCUT2D eigenvalue weighted by molar-refractivity contribution is 5.77. The van der Waals surface area contributed by atoms with Gasteiger partial charge in [-0.2, -0.15) is 5.26 Å². The number of carbonyl (C=O) groups excluding carboxylic acids is 1. The molecule has 3 unspecified atom stereocenters. The number of nitrogens with zero attached hydrogens (tertiary/aromatic N) is 5. The molecule has 0 N–H and O–H groups in total. The van der Waals surface area contributed by atoms with E-state index in [0.717, 1.165) is 38.4 Å². The first-order valence-electron chi connectivity index (χ1n) is 10.3. The van der Waals surface area contributed by atoms with Gasteiger partial charge >= 0.3 is 0 Å². The van der Waals surface area contributed by atoms with Crippen molar-refractivity contribution in [2.45, 2.75) is 40.0 Å². The van der Waals surface area contributed by atoms with Gasteiger partial charge in [0, 0.05) is 51.4 Å². The second-order valence-electron chi connectivity index (χ2n) is 8.41. The molecule has 0 saturated carbocycles. The fraction of sp³-hybridized carbons (Fsp3) is 0.636. The van der Waals surface area contributed by atoms with Crippen LogP contribution in [-0.4, -0.2) is 47.0 Å². The van der Waals surface area contributed by atoms with Gasteiger partial charge in [-0.05, 0) is 37.0 Å². The zero-order valence-electron chi connectivity index (χ0n) is 17.2. The lowest BCUT2D eigenvalue weighted by atomic mass is 9.69. The largest absolute Gasteiger partial charge is 0.352 e. The first-order valence-corrected chi connectivity index (χ1v) is 10.3. The fourth-order valence-electron chi connectivity index (χ4n) is 4.59. The molecule has 28 heavy (non-hydrogen) atoms. The van der Waals surface area contributed by atoms with Crippen molar-refractivity contribution in [1.82, 2.24) is 14.9 Å². The highest BCUT2D eigenvalue weighted by Gasteiger charge is 2.33. The van der Waals surface area contributed by atoms with Gasteiger partial charge in [-0.3, -0.25) is 9.78 Å². The summed E-state index contributed by atoms with van der Waals surface area (Å²) in [6.07, 6.45) is 9.59. The molecule has 1 aromatic rings. The first kappa shape index (κ1) is 20.3. The summed E-state index contributed by atoms with van der Waals surface area (Å²) in [5.41, 5.74) is 1.28. The third-order valence-electron chi connectivity index (χ3n) is 6.34. The van der Waals surface area contributed by atoms with Crippen LogP contribution in [0.2, 0.25) is 0 Å². The smallest absolute Gasteiger partial charge is 0.223 e. The Hall–Kier alpha value is -2.42. The van der Waals surface area contributed by atoms with Crippen molar-refractivity contribution in [2.75, 3.05) is 31.1 Å². The Morgan fingerprint density at radius 1 is 1.29 bits per heavy atom. The Balaban J connectivity index is 1.57. The maximum absolute atomic E-state index is 12.9. The molecule has 1 amide bonds. The molecule has 0 bridgehead atoms. The van der Waals surface area contributed by atoms with Crippen LogP contribution in [0.1, 0.15) is 40.0 Å². The Labute approximate surface area is 168 Å². The summed E-state index contributed by atoms with van der Waals surface area (Å²) in [6.45, 7) is 9.64. The number of carbonyl (C=O) groups is 1. The second kappa shape index (κ2) is 9.18. The van der Waals surface area contributed by atoms with Gasteiger partial charge in [0.15, 0.2) is 0 Å². The minimum Gasteiger partial charge on any atom is -0.352 e. The van der Waals surface area contributed by atoms with Gasteiger partial charge in [-0.1, -0.05) is 25.5 Å². The lowest BCUT2D eigenvalue weighted by molar-refractivity contribution is -0.132. The number of anilines is 1. The molecule has 6 nitrogen and oxygen atoms in total. The van der Waals surface area contributed by atoms with Crippen LogP contribution in [0.25, 0.3) is 0 Å². The Bertz CT molecular complexity index is 731. The van der Waals surface area contributed by atoms with E-state index in [1.54, 1.807) is 18.6 Å². The van der Waals surface area contributed by atoms with E-state index in [2.05, 4.69) is 47.8 Å². The third-order valence-corrected chi connectivity index (χ3v) is 6.34. The van der Waals surface area contributed by atoms with E-state index in [1.807, 2.05) is 4.90 Å². The van der Waals surface area contributed by atoms with E-state index in [9.17, 15) is 4.79 Å². The van der Waals surface area contributed by atoms with Crippen LogP contribution in [0.5, 0.6) is 0 Å². The monoisotopic (exact) mass is 381 g/mol. The zero-order valence-corrected chi connectivity index (χ0v) is 17.2. The molecule has 2 aliphatic rings. The van der Waals surface area contributed by atoms with Gasteiger partial charge in [0.25, 0.3) is 0 Å². The summed E-state index contributed by atoms with van der Waals surface area (Å²) in [5, 5.41) is 9.14. The molecule has 0 spiro atoms. The highest BCUT2D eigenvalue weighted by Crippen LogP contribution is 2.40. The lowest BCUT2D eigenvalue weighted by Gasteiger charge is -2.38. The average Bonchev–Trinajstić information content (AvgIpc) is 2.70. The molecule has 6 heteroatoms. The van der Waals surface area contributed by atoms with Gasteiger partial charge in [-0.25, -0.2) is 4.98 Å². The van der Waals surface area contributed by atoms with Crippen LogP contribution in [0.3, 0.4) is 0 Å². The number of piperazine rings is 1. The number of allylic oxidation sites excluding steroid dienone is 2. The van der Waals surface area contributed by atoms with Crippen LogP contribution < -0.4 is 4.90 Å². The third kappa shape index (κ3) is 4.70. The maximum atomic E-state index is 12.9. The summed E-state index contributed by atoms with van der Waals surface area (Å²) in [4.78, 5) is 25.6. The van der Waals surface area contributed by atoms with Crippen molar-refractivity contribution >= 4 is 11.7 Å². The number of amides is 1. The molecular weight excluding hydrogens is 350 g/mol. The standard InChI is InChI=1S/C22H31N5O/c1-16(2)20-13-19(17(3)12-18(20)4-5-23)14-22(28)27-10-8-26(9-11-27)21-15-24-6-7-25-21/h6-7,12,15-16,18-20H,4,8-11,13-14H2,1-3H3. The van der Waals surface area contributed by atoms with Gasteiger partial charge in [0.1, 0.15) is 5.82 Å². The SMILES string of the molecule is CC1=CC(CC#N)C(C(C)C)CC1CC(=O)N1CCN(c2cnccn2)CC1. The minimum atomic E-state index is 0.248. The Morgan fingerprint density at radius 3 is 2.64 bits per heavy atom. The first-order chi connectivity index (χ1) is 13.5. The van der Waals surface area contributed by atoms with E-state index in [1.165, 1.54) is 5.57 Å². The number of hydrogen-bond donors (Lipinski definition) is 0. The normalized spacial score (nSPS) is 25.4. The topological polar surface area (TPSA) is 73.1 Å². The molecule has 1 aliphatic carbocycles. The zero-order chi connectivity index (χ0) is 20.1. The average molecular weight is 382 g/mol. The van der Waals surface area contributed by atoms with Crippen LogP contribution in [0.4, 0.5) is 5.82 Å². The van der Waals surface area contributed by atoms with Crippen LogP contribution in [0.15, 0.2) is 30.2 Å². The van der Waals surface area contributed by atoms with Gasteiger partial charge in [0.05, 0.1) is 12.3 Å². The van der Waals surface area contributed by atoms with E-state index in [0.29, 0.717) is 36.5 Å². The van der Waals surface area contributed by atoms with Crippen LogP contribution in [0, 0.1) is 35.0 Å². The molecule has 3 rings (SSSR count). The summed E-state index contributed by atoms with van der Waals surface area (Å²) in [5.74, 6) is 2.76. The van der Waals surface area contributed by atoms with Crippen molar-refractivity contribution in [2.24, 2.45) is 23.7 Å². The minimum absolute atomic E-state index is 0.248. The molecule has 1 saturated heterocycles. The van der Waals surface area contributed by atoms with E-state index >= 15 is 0 Å². The highest BCUT2D eigenvalue weighted by atomic mass is 16.2. The molecule has 2 heterocycles. The lowest BCUT2D eigenvalue weighted by Crippen LogP contribution is -2.49. The fourth-order valence-corrected chi connectivity index (χ4v) is 4.59. The number of hydrogen-bond acceptors (Lipinski definition) is 5. The van der Waals surface area contributed by atoms with Crippen LogP contribution in [-0.2, 0) is 4.79 Å². The molecule has 3 atom stereocenters. The summed E-state index contributed by atoms with van der Waals surface area (Å²) < 4.78 is 0. The number of rotatable bonds is 5. The summed E-state index contributed by atoms with van der Waals surface area (Å²) >= 11 is 0. The molecule has 1 aromatic heterocycles. The Morgan fingerprint density at radius 2 is 2.04 bits per heavy atom. The molecule has 1 aliphatic heterocycles. The van der Waals surface area contributed by atoms with E-state index < -0.39 is 0 Å². The van der Waals surface area contributed by atoms with Crippen molar-refractivity contribution in [3.8, 4) is 6.07 Å². The predicted octanol–water partition coefficient (Wildman–Crippen LogP) is 3.28. The molecule has 1 fully saturated rings. The second-order valence-corrected chi connectivity index (χ2v) is 8.41. The number of aromatic nitrogens is 2. The molecule has 0 radical (unpaired) electrons. The van der Waals surface area contributed by atoms with E-state index in [-0.39, 0.29) is 5.91 Å². The maximum Gasteiger partial charge on any atom is 0.223 e. The van der Waals surface area contributed by atoms with Crippen molar-refractivity contribution in [3.05, 3.63) is 30.2 Å². The van der Waals surface area contributed by atoms with Gasteiger partial charge < -0.3 is 9.80 Å². The predicted molar refractivity (Wildman–Crippen MR) is 109 cm³/mol. The van der Waals surface area contributed by atoms with Crippen molar-refractivity contribution in [3.63, 3.8) is 0 Å². The van der Waals surface area contributed by atoms with Crippen LogP contribution >= 0.6 is 0 Å². The van der Waals surface area contributed by atoms with Crippen molar-refractivity contribution in [1.29, 1.82) is 5.26 Å². The molecular formula is C22H31N5O. The molecule has 0 aromatic carbocycles. The van der Waals surface area contributed by atoms with Gasteiger partial charge in [-0.15, -0.1) is 0 Å². The van der Waals surface area contributed by atoms with E-state index in [4.69, 9.17) is 5.26 Å². The molecule has 150 valence electrons. The van der Waals surface area contributed by atoms with Gasteiger partial charge in [0.2, 0.25) is 5.91 Å². The Kier molecular flexibility index (Phi) is 6.66. The quantitative estimate of drug-likeness (QED) is 0.732. The summed E-state index contributed by atoms with van der Waals surface area (Å²) in [7, 11) is 0.